The van der Waals surface area contributed by atoms with Crippen LogP contribution < -0.4 is 0 Å². The lowest BCUT2D eigenvalue weighted by atomic mass is 9.75. The summed E-state index contributed by atoms with van der Waals surface area (Å²) in [5.74, 6) is 1.43. The van der Waals surface area contributed by atoms with Gasteiger partial charge >= 0.3 is 0 Å². The highest BCUT2D eigenvalue weighted by atomic mass is 16.1. The average molecular weight is 237 g/mol. The first-order valence-corrected chi connectivity index (χ1v) is 7.38. The molecule has 0 heterocycles. The number of carbonyl (C=O) groups is 1. The number of nitrogens with zero attached hydrogens (tertiary/aromatic N) is 1. The lowest BCUT2D eigenvalue weighted by molar-refractivity contribution is -0.129. The van der Waals surface area contributed by atoms with E-state index in [-0.39, 0.29) is 0 Å². The van der Waals surface area contributed by atoms with Gasteiger partial charge in [-0.2, -0.15) is 0 Å². The zero-order chi connectivity index (χ0) is 12.3. The summed E-state index contributed by atoms with van der Waals surface area (Å²) in [7, 11) is 4.32. The molecule has 0 radical (unpaired) electrons. The molecule has 2 nitrogen and oxygen atoms in total. The second-order valence-electron chi connectivity index (χ2n) is 6.21. The van der Waals surface area contributed by atoms with Crippen LogP contribution in [0.3, 0.4) is 0 Å². The van der Waals surface area contributed by atoms with Crippen molar-refractivity contribution in [2.45, 2.75) is 63.8 Å². The quantitative estimate of drug-likeness (QED) is 0.751. The topological polar surface area (TPSA) is 20.3 Å². The maximum Gasteiger partial charge on any atom is 0.139 e. The number of rotatable bonds is 3. The van der Waals surface area contributed by atoms with Gasteiger partial charge in [0.1, 0.15) is 5.78 Å². The van der Waals surface area contributed by atoms with Gasteiger partial charge in [-0.05, 0) is 52.6 Å². The standard InChI is InChI=1S/C15H27NO/c1-16(2)14-10-8-13(9-11-14)15(17)12-6-4-3-5-7-12/h12-14H,3-11H2,1-2H3. The van der Waals surface area contributed by atoms with Gasteiger partial charge in [-0.25, -0.2) is 0 Å². The lowest BCUT2D eigenvalue weighted by Gasteiger charge is -2.34. The van der Waals surface area contributed by atoms with Gasteiger partial charge in [0.05, 0.1) is 0 Å². The zero-order valence-electron chi connectivity index (χ0n) is 11.5. The molecule has 0 aliphatic heterocycles. The predicted octanol–water partition coefficient (Wildman–Crippen LogP) is 3.26. The molecule has 0 bridgehead atoms. The van der Waals surface area contributed by atoms with E-state index in [2.05, 4.69) is 19.0 Å². The smallest absolute Gasteiger partial charge is 0.139 e. The Labute approximate surface area is 106 Å². The van der Waals surface area contributed by atoms with Crippen LogP contribution >= 0.6 is 0 Å². The molecule has 17 heavy (non-hydrogen) atoms. The summed E-state index contributed by atoms with van der Waals surface area (Å²) in [4.78, 5) is 14.7. The average Bonchev–Trinajstić information content (AvgIpc) is 2.39. The minimum atomic E-state index is 0.397. The van der Waals surface area contributed by atoms with E-state index in [4.69, 9.17) is 0 Å². The first-order chi connectivity index (χ1) is 8.18. The first kappa shape index (κ1) is 13.1. The van der Waals surface area contributed by atoms with Crippen molar-refractivity contribution < 1.29 is 4.79 Å². The second kappa shape index (κ2) is 5.99. The van der Waals surface area contributed by atoms with Crippen LogP contribution in [0.5, 0.6) is 0 Å². The second-order valence-corrected chi connectivity index (χ2v) is 6.21. The van der Waals surface area contributed by atoms with Gasteiger partial charge in [0, 0.05) is 17.9 Å². The van der Waals surface area contributed by atoms with E-state index in [1.807, 2.05) is 0 Å². The van der Waals surface area contributed by atoms with Crippen LogP contribution in [-0.2, 0) is 4.79 Å². The summed E-state index contributed by atoms with van der Waals surface area (Å²) in [6.45, 7) is 0. The molecule has 0 aromatic rings. The van der Waals surface area contributed by atoms with Crippen molar-refractivity contribution in [1.29, 1.82) is 0 Å². The maximum atomic E-state index is 12.4. The minimum absolute atomic E-state index is 0.397. The molecule has 0 saturated heterocycles. The van der Waals surface area contributed by atoms with Crippen LogP contribution in [0.2, 0.25) is 0 Å². The molecule has 0 aromatic carbocycles. The Morgan fingerprint density at radius 1 is 0.824 bits per heavy atom. The molecule has 2 fully saturated rings. The molecule has 2 heteroatoms. The molecule has 0 atom stereocenters. The third-order valence-corrected chi connectivity index (χ3v) is 4.84. The van der Waals surface area contributed by atoms with Crippen molar-refractivity contribution >= 4 is 5.78 Å². The highest BCUT2D eigenvalue weighted by Crippen LogP contribution is 2.33. The third kappa shape index (κ3) is 3.31. The van der Waals surface area contributed by atoms with Crippen molar-refractivity contribution in [1.82, 2.24) is 4.90 Å². The summed E-state index contributed by atoms with van der Waals surface area (Å²) < 4.78 is 0. The van der Waals surface area contributed by atoms with Crippen LogP contribution in [0.4, 0.5) is 0 Å². The monoisotopic (exact) mass is 237 g/mol. The van der Waals surface area contributed by atoms with Crippen LogP contribution in [0, 0.1) is 11.8 Å². The Morgan fingerprint density at radius 3 is 1.88 bits per heavy atom. The summed E-state index contributed by atoms with van der Waals surface area (Å²) in [5, 5.41) is 0. The molecule has 0 unspecified atom stereocenters. The molecule has 2 rings (SSSR count). The Morgan fingerprint density at radius 2 is 1.35 bits per heavy atom. The van der Waals surface area contributed by atoms with Crippen molar-refractivity contribution in [2.75, 3.05) is 14.1 Å². The van der Waals surface area contributed by atoms with Gasteiger partial charge < -0.3 is 4.90 Å². The SMILES string of the molecule is CN(C)C1CCC(C(=O)C2CCCCC2)CC1. The fourth-order valence-electron chi connectivity index (χ4n) is 3.60. The maximum absolute atomic E-state index is 12.4. The predicted molar refractivity (Wildman–Crippen MR) is 71.0 cm³/mol. The third-order valence-electron chi connectivity index (χ3n) is 4.84. The molecular weight excluding hydrogens is 210 g/mol. The minimum Gasteiger partial charge on any atom is -0.306 e. The van der Waals surface area contributed by atoms with Crippen LogP contribution in [-0.4, -0.2) is 30.8 Å². The van der Waals surface area contributed by atoms with E-state index in [0.29, 0.717) is 23.7 Å². The fraction of sp³-hybridized carbons (Fsp3) is 0.933. The summed E-state index contributed by atoms with van der Waals surface area (Å²) in [6.07, 6.45) is 11.0. The van der Waals surface area contributed by atoms with Crippen LogP contribution in [0.1, 0.15) is 57.8 Å². The van der Waals surface area contributed by atoms with E-state index in [1.54, 1.807) is 0 Å². The Kier molecular flexibility index (Phi) is 4.61. The van der Waals surface area contributed by atoms with Crippen molar-refractivity contribution in [3.8, 4) is 0 Å². The Hall–Kier alpha value is -0.370. The molecule has 0 amide bonds. The molecule has 0 spiro atoms. The van der Waals surface area contributed by atoms with E-state index in [9.17, 15) is 4.79 Å². The number of carbonyl (C=O) groups excluding carboxylic acids is 1. The normalized spacial score (nSPS) is 31.7. The van der Waals surface area contributed by atoms with Crippen molar-refractivity contribution in [2.24, 2.45) is 11.8 Å². The van der Waals surface area contributed by atoms with Crippen molar-refractivity contribution in [3.05, 3.63) is 0 Å². The highest BCUT2D eigenvalue weighted by Gasteiger charge is 2.31. The Balaban J connectivity index is 1.81. The van der Waals surface area contributed by atoms with Crippen LogP contribution in [0.15, 0.2) is 0 Å². The first-order valence-electron chi connectivity index (χ1n) is 7.38. The number of hydrogen-bond donors (Lipinski definition) is 0. The summed E-state index contributed by atoms with van der Waals surface area (Å²) in [5.41, 5.74) is 0. The van der Waals surface area contributed by atoms with Crippen LogP contribution in [0.25, 0.3) is 0 Å². The summed E-state index contributed by atoms with van der Waals surface area (Å²) >= 11 is 0. The highest BCUT2D eigenvalue weighted by molar-refractivity contribution is 5.83. The molecule has 0 N–H and O–H groups in total. The molecule has 2 saturated carbocycles. The summed E-state index contributed by atoms with van der Waals surface area (Å²) in [6, 6.07) is 0.713. The molecule has 2 aliphatic rings. The number of ketones is 1. The van der Waals surface area contributed by atoms with E-state index >= 15 is 0 Å². The molecular formula is C15H27NO. The molecule has 2 aliphatic carbocycles. The number of Topliss-reactive ketones (excluding diaryl/α,β-unsaturated/α-hetero) is 1. The van der Waals surface area contributed by atoms with Gasteiger partial charge in [0.25, 0.3) is 0 Å². The largest absolute Gasteiger partial charge is 0.306 e. The lowest BCUT2D eigenvalue weighted by Crippen LogP contribution is -2.36. The van der Waals surface area contributed by atoms with Gasteiger partial charge in [0.15, 0.2) is 0 Å². The van der Waals surface area contributed by atoms with Gasteiger partial charge in [-0.1, -0.05) is 19.3 Å². The van der Waals surface area contributed by atoms with Gasteiger partial charge in [-0.3, -0.25) is 4.79 Å². The molecule has 98 valence electrons. The van der Waals surface area contributed by atoms with Gasteiger partial charge in [-0.15, -0.1) is 0 Å². The van der Waals surface area contributed by atoms with Gasteiger partial charge in [0.2, 0.25) is 0 Å². The molecule has 0 aromatic heterocycles. The van der Waals surface area contributed by atoms with E-state index in [0.717, 1.165) is 12.8 Å². The zero-order valence-corrected chi connectivity index (χ0v) is 11.5. The van der Waals surface area contributed by atoms with Crippen molar-refractivity contribution in [3.63, 3.8) is 0 Å². The fourth-order valence-corrected chi connectivity index (χ4v) is 3.60. The number of hydrogen-bond acceptors (Lipinski definition) is 2. The Bertz CT molecular complexity index is 248. The van der Waals surface area contributed by atoms with E-state index < -0.39 is 0 Å². The van der Waals surface area contributed by atoms with E-state index in [1.165, 1.54) is 44.9 Å².